The molecule has 3 atom stereocenters. The van der Waals surface area contributed by atoms with Crippen LogP contribution in [-0.4, -0.2) is 61.7 Å². The van der Waals surface area contributed by atoms with Crippen molar-refractivity contribution in [2.75, 3.05) is 18.5 Å². The normalized spacial score (nSPS) is 18.5. The summed E-state index contributed by atoms with van der Waals surface area (Å²) in [7, 11) is 0. The quantitative estimate of drug-likeness (QED) is 0.410. The Kier molecular flexibility index (Phi) is 6.01. The summed E-state index contributed by atoms with van der Waals surface area (Å²) in [6, 6.07) is 10.6. The number of nitrogens with one attached hydrogen (secondary N) is 2. The van der Waals surface area contributed by atoms with Gasteiger partial charge in [-0.2, -0.15) is 10.4 Å². The Morgan fingerprint density at radius 2 is 2.18 bits per heavy atom. The van der Waals surface area contributed by atoms with E-state index in [2.05, 4.69) is 26.8 Å². The van der Waals surface area contributed by atoms with Crippen molar-refractivity contribution < 1.29 is 19.4 Å². The molecule has 0 aromatic carbocycles. The second-order valence-electron chi connectivity index (χ2n) is 8.76. The molecule has 0 saturated heterocycles. The minimum absolute atomic E-state index is 0.0185. The molecule has 0 radical (unpaired) electrons. The van der Waals surface area contributed by atoms with Crippen molar-refractivity contribution in [2.45, 2.75) is 38.1 Å². The van der Waals surface area contributed by atoms with Gasteiger partial charge in [0.15, 0.2) is 0 Å². The third-order valence-corrected chi connectivity index (χ3v) is 5.72. The Labute approximate surface area is 189 Å². The van der Waals surface area contributed by atoms with Gasteiger partial charge >= 0.3 is 0 Å². The highest BCUT2D eigenvalue weighted by atomic mass is 19.1. The third kappa shape index (κ3) is 4.79. The fraction of sp³-hybridized carbons (Fsp3) is 0.391. The second kappa shape index (κ2) is 8.77. The van der Waals surface area contributed by atoms with Crippen LogP contribution in [0, 0.1) is 17.2 Å². The lowest BCUT2D eigenvalue weighted by Crippen LogP contribution is -2.42. The Bertz CT molecular complexity index is 1230. The fourth-order valence-electron chi connectivity index (χ4n) is 3.48. The molecule has 0 aliphatic heterocycles. The van der Waals surface area contributed by atoms with E-state index >= 15 is 0 Å². The summed E-state index contributed by atoms with van der Waals surface area (Å²) < 4.78 is 15.8. The number of aliphatic hydroxyl groups is 2. The van der Waals surface area contributed by atoms with Crippen LogP contribution in [0.25, 0.3) is 16.9 Å². The number of nitrogens with zero attached hydrogens (tertiary/aromatic N) is 4. The van der Waals surface area contributed by atoms with Crippen LogP contribution in [0.4, 0.5) is 10.2 Å². The van der Waals surface area contributed by atoms with Gasteiger partial charge < -0.3 is 20.8 Å². The number of amides is 1. The average Bonchev–Trinajstić information content (AvgIpc) is 3.41. The van der Waals surface area contributed by atoms with Crippen molar-refractivity contribution in [1.29, 1.82) is 5.26 Å². The van der Waals surface area contributed by atoms with Crippen LogP contribution in [0.5, 0.6) is 0 Å². The molecule has 1 aliphatic carbocycles. The van der Waals surface area contributed by atoms with Crippen LogP contribution in [0.1, 0.15) is 36.2 Å². The van der Waals surface area contributed by atoms with Crippen molar-refractivity contribution in [3.63, 3.8) is 0 Å². The van der Waals surface area contributed by atoms with E-state index in [0.29, 0.717) is 22.8 Å². The van der Waals surface area contributed by atoms with E-state index in [-0.39, 0.29) is 30.7 Å². The Morgan fingerprint density at radius 3 is 2.85 bits per heavy atom. The van der Waals surface area contributed by atoms with E-state index in [1.165, 1.54) is 20.0 Å². The number of carbonyl (C=O) groups is 1. The SMILES string of the molecule is CC(C)(O)C(F)CNC(=O)c1ccc(-c2ccc3cc(C#N)cnn23)nc1NC1CC1CO. The van der Waals surface area contributed by atoms with E-state index in [1.54, 1.807) is 22.7 Å². The monoisotopic (exact) mass is 452 g/mol. The molecule has 3 aromatic rings. The lowest BCUT2D eigenvalue weighted by atomic mass is 10.0. The highest BCUT2D eigenvalue weighted by molar-refractivity contribution is 5.99. The van der Waals surface area contributed by atoms with E-state index in [9.17, 15) is 19.4 Å². The molecule has 0 spiro atoms. The van der Waals surface area contributed by atoms with Crippen LogP contribution in [-0.2, 0) is 0 Å². The van der Waals surface area contributed by atoms with Crippen LogP contribution < -0.4 is 10.6 Å². The molecule has 10 heteroatoms. The van der Waals surface area contributed by atoms with Crippen molar-refractivity contribution >= 4 is 17.2 Å². The van der Waals surface area contributed by atoms with Crippen molar-refractivity contribution in [3.05, 3.63) is 47.7 Å². The number of hydrogen-bond acceptors (Lipinski definition) is 7. The van der Waals surface area contributed by atoms with Crippen LogP contribution >= 0.6 is 0 Å². The summed E-state index contributed by atoms with van der Waals surface area (Å²) in [5, 5.41) is 38.2. The lowest BCUT2D eigenvalue weighted by molar-refractivity contribution is -0.00177. The molecule has 1 fully saturated rings. The van der Waals surface area contributed by atoms with E-state index in [1.807, 2.05) is 12.1 Å². The minimum atomic E-state index is -1.64. The van der Waals surface area contributed by atoms with Gasteiger partial charge in [-0.05, 0) is 50.6 Å². The van der Waals surface area contributed by atoms with Crippen molar-refractivity contribution in [1.82, 2.24) is 19.9 Å². The highest BCUT2D eigenvalue weighted by Gasteiger charge is 2.37. The first-order valence-corrected chi connectivity index (χ1v) is 10.6. The zero-order valence-electron chi connectivity index (χ0n) is 18.3. The van der Waals surface area contributed by atoms with Gasteiger partial charge in [0.2, 0.25) is 0 Å². The molecule has 1 saturated carbocycles. The number of pyridine rings is 1. The number of carbonyl (C=O) groups excluding carboxylic acids is 1. The number of anilines is 1. The fourth-order valence-corrected chi connectivity index (χ4v) is 3.48. The van der Waals surface area contributed by atoms with Gasteiger partial charge in [-0.1, -0.05) is 0 Å². The van der Waals surface area contributed by atoms with Gasteiger partial charge in [-0.3, -0.25) is 4.79 Å². The number of aliphatic hydroxyl groups excluding tert-OH is 1. The summed E-state index contributed by atoms with van der Waals surface area (Å²) in [5.74, 6) is -0.133. The molecule has 3 unspecified atom stereocenters. The smallest absolute Gasteiger partial charge is 0.255 e. The van der Waals surface area contributed by atoms with E-state index < -0.39 is 17.7 Å². The minimum Gasteiger partial charge on any atom is -0.396 e. The zero-order valence-corrected chi connectivity index (χ0v) is 18.3. The molecule has 1 amide bonds. The summed E-state index contributed by atoms with van der Waals surface area (Å²) in [6.07, 6.45) is 0.578. The zero-order chi connectivity index (χ0) is 23.8. The number of aromatic nitrogens is 3. The molecule has 172 valence electrons. The lowest BCUT2D eigenvalue weighted by Gasteiger charge is -2.22. The van der Waals surface area contributed by atoms with Gasteiger partial charge in [0.05, 0.1) is 46.4 Å². The molecule has 4 rings (SSSR count). The maximum absolute atomic E-state index is 14.1. The Balaban J connectivity index is 1.64. The van der Waals surface area contributed by atoms with Gasteiger partial charge in [-0.25, -0.2) is 13.9 Å². The number of fused-ring (bicyclic) bond motifs is 1. The van der Waals surface area contributed by atoms with E-state index in [0.717, 1.165) is 11.9 Å². The van der Waals surface area contributed by atoms with Gasteiger partial charge in [-0.15, -0.1) is 0 Å². The molecule has 3 aromatic heterocycles. The van der Waals surface area contributed by atoms with Crippen LogP contribution in [0.15, 0.2) is 36.5 Å². The summed E-state index contributed by atoms with van der Waals surface area (Å²) in [5.41, 5.74) is 1.04. The maximum atomic E-state index is 14.1. The molecule has 0 bridgehead atoms. The van der Waals surface area contributed by atoms with E-state index in [4.69, 9.17) is 5.26 Å². The topological polar surface area (TPSA) is 136 Å². The molecule has 9 nitrogen and oxygen atoms in total. The highest BCUT2D eigenvalue weighted by Crippen LogP contribution is 2.34. The van der Waals surface area contributed by atoms with Gasteiger partial charge in [0, 0.05) is 18.6 Å². The third-order valence-electron chi connectivity index (χ3n) is 5.72. The van der Waals surface area contributed by atoms with Crippen molar-refractivity contribution in [3.8, 4) is 17.5 Å². The van der Waals surface area contributed by atoms with Crippen molar-refractivity contribution in [2.24, 2.45) is 5.92 Å². The molecular formula is C23H25FN6O3. The van der Waals surface area contributed by atoms with Gasteiger partial charge in [0.1, 0.15) is 18.1 Å². The Hall–Kier alpha value is -3.55. The first-order valence-electron chi connectivity index (χ1n) is 10.6. The standard InChI is InChI=1S/C23H25FN6O3/c1-23(2,33)20(24)11-26-22(32)16-4-5-17(28-21(16)29-18-8-14(18)12-31)19-6-3-15-7-13(9-25)10-27-30(15)19/h3-7,10,14,18,20,31,33H,8,11-12H2,1-2H3,(H,26,32)(H,28,29). The maximum Gasteiger partial charge on any atom is 0.255 e. The summed E-state index contributed by atoms with van der Waals surface area (Å²) in [6.45, 7) is 2.36. The number of halogens is 1. The van der Waals surface area contributed by atoms with Gasteiger partial charge in [0.25, 0.3) is 5.91 Å². The molecule has 1 aliphatic rings. The predicted molar refractivity (Wildman–Crippen MR) is 119 cm³/mol. The molecule has 4 N–H and O–H groups in total. The Morgan fingerprint density at radius 1 is 1.39 bits per heavy atom. The number of alkyl halides is 1. The van der Waals surface area contributed by atoms with Crippen LogP contribution in [0.2, 0.25) is 0 Å². The number of rotatable bonds is 8. The largest absolute Gasteiger partial charge is 0.396 e. The summed E-state index contributed by atoms with van der Waals surface area (Å²) >= 11 is 0. The summed E-state index contributed by atoms with van der Waals surface area (Å²) in [4.78, 5) is 17.4. The first kappa shape index (κ1) is 22.6. The molecule has 3 heterocycles. The predicted octanol–water partition coefficient (Wildman–Crippen LogP) is 1.90. The average molecular weight is 452 g/mol. The van der Waals surface area contributed by atoms with Crippen LogP contribution in [0.3, 0.4) is 0 Å². The first-order chi connectivity index (χ1) is 15.7. The molecular weight excluding hydrogens is 427 g/mol. The number of nitriles is 1. The number of hydrogen-bond donors (Lipinski definition) is 4. The molecule has 33 heavy (non-hydrogen) atoms. The second-order valence-corrected chi connectivity index (χ2v) is 8.76.